The van der Waals surface area contributed by atoms with Crippen molar-refractivity contribution in [2.24, 2.45) is 5.92 Å². The van der Waals surface area contributed by atoms with Gasteiger partial charge in [-0.1, -0.05) is 12.1 Å². The number of nitrogens with zero attached hydrogens (tertiary/aromatic N) is 3. The molecule has 27 heavy (non-hydrogen) atoms. The first-order valence-corrected chi connectivity index (χ1v) is 10.4. The first-order valence-electron chi connectivity index (χ1n) is 10.4. The molecule has 0 unspecified atom stereocenters. The van der Waals surface area contributed by atoms with Crippen molar-refractivity contribution in [1.82, 2.24) is 14.7 Å². The number of carbonyl (C=O) groups excluding carboxylic acids is 1. The largest absolute Gasteiger partial charge is 0.343 e. The van der Waals surface area contributed by atoms with Gasteiger partial charge in [0.1, 0.15) is 5.82 Å². The van der Waals surface area contributed by atoms with Gasteiger partial charge in [-0.2, -0.15) is 0 Å². The number of carbonyl (C=O) groups is 1. The van der Waals surface area contributed by atoms with E-state index in [0.29, 0.717) is 24.3 Å². The van der Waals surface area contributed by atoms with Crippen molar-refractivity contribution in [3.05, 3.63) is 35.6 Å². The van der Waals surface area contributed by atoms with Crippen molar-refractivity contribution in [2.45, 2.75) is 51.1 Å². The molecule has 1 aromatic carbocycles. The molecule has 2 saturated heterocycles. The highest BCUT2D eigenvalue weighted by molar-refractivity contribution is 5.76. The maximum absolute atomic E-state index is 13.4. The van der Waals surface area contributed by atoms with E-state index in [9.17, 15) is 9.18 Å². The zero-order valence-corrected chi connectivity index (χ0v) is 16.9. The molecule has 3 rings (SSSR count). The van der Waals surface area contributed by atoms with E-state index in [-0.39, 0.29) is 5.82 Å². The Bertz CT molecular complexity index is 615. The Morgan fingerprint density at radius 1 is 1.22 bits per heavy atom. The van der Waals surface area contributed by atoms with Crippen LogP contribution in [0.15, 0.2) is 24.3 Å². The molecule has 2 aliphatic heterocycles. The average Bonchev–Trinajstić information content (AvgIpc) is 2.66. The number of amides is 1. The van der Waals surface area contributed by atoms with Crippen molar-refractivity contribution in [3.8, 4) is 0 Å². The smallest absolute Gasteiger partial charge is 0.222 e. The predicted molar refractivity (Wildman–Crippen MR) is 107 cm³/mol. The first-order chi connectivity index (χ1) is 13.0. The van der Waals surface area contributed by atoms with Gasteiger partial charge in [-0.25, -0.2) is 4.39 Å². The third-order valence-corrected chi connectivity index (χ3v) is 6.29. The summed E-state index contributed by atoms with van der Waals surface area (Å²) >= 11 is 0. The number of hydrogen-bond acceptors (Lipinski definition) is 3. The predicted octanol–water partition coefficient (Wildman–Crippen LogP) is 3.37. The Hall–Kier alpha value is -1.46. The van der Waals surface area contributed by atoms with E-state index in [1.54, 1.807) is 12.1 Å². The van der Waals surface area contributed by atoms with Gasteiger partial charge in [0.15, 0.2) is 0 Å². The molecule has 0 radical (unpaired) electrons. The minimum atomic E-state index is -0.163. The summed E-state index contributed by atoms with van der Waals surface area (Å²) in [4.78, 5) is 19.4. The van der Waals surface area contributed by atoms with E-state index >= 15 is 0 Å². The molecule has 0 spiro atoms. The molecule has 2 aliphatic rings. The molecule has 5 heteroatoms. The molecule has 0 bridgehead atoms. The van der Waals surface area contributed by atoms with Crippen molar-refractivity contribution in [1.29, 1.82) is 0 Å². The zero-order valence-electron chi connectivity index (χ0n) is 16.9. The number of rotatable bonds is 6. The maximum Gasteiger partial charge on any atom is 0.222 e. The minimum Gasteiger partial charge on any atom is -0.343 e. The second-order valence-corrected chi connectivity index (χ2v) is 8.45. The molecule has 1 atom stereocenters. The molecular weight excluding hydrogens is 341 g/mol. The SMILES string of the molecule is CN1CCC(N(C)C(=O)CC[C@@H]2CCCN(Cc3cccc(F)c3)C2)CC1. The van der Waals surface area contributed by atoms with E-state index < -0.39 is 0 Å². The summed E-state index contributed by atoms with van der Waals surface area (Å²) in [6, 6.07) is 7.30. The Labute approximate surface area is 163 Å². The van der Waals surface area contributed by atoms with Crippen LogP contribution in [0.1, 0.15) is 44.1 Å². The van der Waals surface area contributed by atoms with E-state index in [0.717, 1.165) is 57.5 Å². The van der Waals surface area contributed by atoms with Crippen LogP contribution in [0.4, 0.5) is 4.39 Å². The van der Waals surface area contributed by atoms with Crippen LogP contribution in [0, 0.1) is 11.7 Å². The normalized spacial score (nSPS) is 22.7. The third kappa shape index (κ3) is 6.01. The highest BCUT2D eigenvalue weighted by Crippen LogP contribution is 2.24. The van der Waals surface area contributed by atoms with Crippen molar-refractivity contribution < 1.29 is 9.18 Å². The summed E-state index contributed by atoms with van der Waals surface area (Å²) in [5, 5.41) is 0. The van der Waals surface area contributed by atoms with Gasteiger partial charge in [0.2, 0.25) is 5.91 Å². The van der Waals surface area contributed by atoms with Crippen molar-refractivity contribution in [3.63, 3.8) is 0 Å². The first kappa shape index (κ1) is 20.3. The molecule has 1 amide bonds. The van der Waals surface area contributed by atoms with Crippen LogP contribution in [0.2, 0.25) is 0 Å². The van der Waals surface area contributed by atoms with Gasteiger partial charge in [-0.3, -0.25) is 9.69 Å². The van der Waals surface area contributed by atoms with Crippen LogP contribution < -0.4 is 0 Å². The lowest BCUT2D eigenvalue weighted by atomic mass is 9.92. The molecular formula is C22H34FN3O. The summed E-state index contributed by atoms with van der Waals surface area (Å²) in [5.74, 6) is 0.706. The summed E-state index contributed by atoms with van der Waals surface area (Å²) < 4.78 is 13.4. The molecule has 2 heterocycles. The highest BCUT2D eigenvalue weighted by Gasteiger charge is 2.25. The van der Waals surface area contributed by atoms with E-state index in [1.807, 2.05) is 18.0 Å². The molecule has 4 nitrogen and oxygen atoms in total. The number of piperidine rings is 2. The number of benzene rings is 1. The van der Waals surface area contributed by atoms with Gasteiger partial charge in [-0.15, -0.1) is 0 Å². The van der Waals surface area contributed by atoms with Crippen molar-refractivity contribution in [2.75, 3.05) is 40.3 Å². The summed E-state index contributed by atoms with van der Waals surface area (Å²) in [6.07, 6.45) is 6.16. The van der Waals surface area contributed by atoms with Gasteiger partial charge in [0.25, 0.3) is 0 Å². The molecule has 1 aromatic rings. The van der Waals surface area contributed by atoms with Crippen LogP contribution in [0.5, 0.6) is 0 Å². The van der Waals surface area contributed by atoms with Gasteiger partial charge < -0.3 is 9.80 Å². The quantitative estimate of drug-likeness (QED) is 0.763. The summed E-state index contributed by atoms with van der Waals surface area (Å²) in [6.45, 7) is 5.05. The second-order valence-electron chi connectivity index (χ2n) is 8.45. The molecule has 0 aromatic heterocycles. The zero-order chi connectivity index (χ0) is 19.2. The average molecular weight is 376 g/mol. The summed E-state index contributed by atoms with van der Waals surface area (Å²) in [5.41, 5.74) is 1.04. The van der Waals surface area contributed by atoms with Crippen LogP contribution in [0.3, 0.4) is 0 Å². The lowest BCUT2D eigenvalue weighted by molar-refractivity contribution is -0.133. The molecule has 0 aliphatic carbocycles. The van der Waals surface area contributed by atoms with Gasteiger partial charge in [0.05, 0.1) is 0 Å². The van der Waals surface area contributed by atoms with Crippen LogP contribution in [0.25, 0.3) is 0 Å². The fourth-order valence-corrected chi connectivity index (χ4v) is 4.51. The van der Waals surface area contributed by atoms with Crippen molar-refractivity contribution >= 4 is 5.91 Å². The van der Waals surface area contributed by atoms with Gasteiger partial charge in [-0.05, 0) is 82.4 Å². The molecule has 2 fully saturated rings. The van der Waals surface area contributed by atoms with Crippen LogP contribution in [-0.2, 0) is 11.3 Å². The number of likely N-dealkylation sites (tertiary alicyclic amines) is 2. The molecule has 0 saturated carbocycles. The fourth-order valence-electron chi connectivity index (χ4n) is 4.51. The maximum atomic E-state index is 13.4. The lowest BCUT2D eigenvalue weighted by Gasteiger charge is -2.36. The standard InChI is InChI=1S/C22H34FN3O/c1-24-13-10-21(11-14-24)25(2)22(27)9-8-18-6-4-12-26(16-18)17-19-5-3-7-20(23)15-19/h3,5,7,15,18,21H,4,6,8-14,16-17H2,1-2H3/t18-/m0/s1. The monoisotopic (exact) mass is 375 g/mol. The Kier molecular flexibility index (Phi) is 7.25. The highest BCUT2D eigenvalue weighted by atomic mass is 19.1. The van der Waals surface area contributed by atoms with E-state index in [2.05, 4.69) is 16.8 Å². The second kappa shape index (κ2) is 9.65. The van der Waals surface area contributed by atoms with Gasteiger partial charge in [0, 0.05) is 32.6 Å². The Morgan fingerprint density at radius 2 is 2.00 bits per heavy atom. The van der Waals surface area contributed by atoms with Crippen LogP contribution >= 0.6 is 0 Å². The molecule has 0 N–H and O–H groups in total. The molecule has 150 valence electrons. The number of hydrogen-bond donors (Lipinski definition) is 0. The van der Waals surface area contributed by atoms with E-state index in [4.69, 9.17) is 0 Å². The summed E-state index contributed by atoms with van der Waals surface area (Å²) in [7, 11) is 4.13. The lowest BCUT2D eigenvalue weighted by Crippen LogP contribution is -2.44. The van der Waals surface area contributed by atoms with E-state index in [1.165, 1.54) is 18.9 Å². The Morgan fingerprint density at radius 3 is 2.74 bits per heavy atom. The van der Waals surface area contributed by atoms with Crippen LogP contribution in [-0.4, -0.2) is 66.9 Å². The fraction of sp³-hybridized carbons (Fsp3) is 0.682. The topological polar surface area (TPSA) is 26.8 Å². The minimum absolute atomic E-state index is 0.163. The Balaban J connectivity index is 1.43. The number of halogens is 1. The van der Waals surface area contributed by atoms with Gasteiger partial charge >= 0.3 is 0 Å². The third-order valence-electron chi connectivity index (χ3n) is 6.29.